The van der Waals surface area contributed by atoms with Gasteiger partial charge in [0.15, 0.2) is 0 Å². The van der Waals surface area contributed by atoms with Crippen molar-refractivity contribution in [3.63, 3.8) is 0 Å². The summed E-state index contributed by atoms with van der Waals surface area (Å²) < 4.78 is 0. The van der Waals surface area contributed by atoms with Gasteiger partial charge in [0.2, 0.25) is 0 Å². The van der Waals surface area contributed by atoms with Gasteiger partial charge in [-0.25, -0.2) is 0 Å². The molecule has 0 bridgehead atoms. The molecule has 0 aromatic heterocycles. The molecule has 0 radical (unpaired) electrons. The van der Waals surface area contributed by atoms with Crippen LogP contribution in [0.25, 0.3) is 0 Å². The van der Waals surface area contributed by atoms with E-state index in [1.807, 2.05) is 0 Å². The first-order chi connectivity index (χ1) is 2.41. The van der Waals surface area contributed by atoms with Crippen LogP contribution >= 0.6 is 0 Å². The summed E-state index contributed by atoms with van der Waals surface area (Å²) in [6, 6.07) is 0. The molecule has 0 aliphatic heterocycles. The second-order valence-corrected chi connectivity index (χ2v) is 0.236. The minimum atomic E-state index is 0.750. The summed E-state index contributed by atoms with van der Waals surface area (Å²) in [5.41, 5.74) is 0. The Hall–Kier alpha value is -0.840. The molecule has 0 heterocycles. The van der Waals surface area contributed by atoms with Gasteiger partial charge >= 0.3 is 0 Å². The third kappa shape index (κ3) is 6.03. The van der Waals surface area contributed by atoms with Gasteiger partial charge in [-0.2, -0.15) is 0 Å². The molecular formula is C3H4NO-. The van der Waals surface area contributed by atoms with Crippen molar-refractivity contribution in [1.82, 2.24) is 0 Å². The SMILES string of the molecule is CC=O.[C-]#N. The lowest BCUT2D eigenvalue weighted by molar-refractivity contribution is -0.106. The van der Waals surface area contributed by atoms with Crippen molar-refractivity contribution in [3.8, 4) is 0 Å². The molecule has 0 N–H and O–H groups in total. The molecule has 2 heteroatoms. The van der Waals surface area contributed by atoms with Crippen molar-refractivity contribution >= 4 is 6.29 Å². The molecule has 0 amide bonds. The third-order valence-electron chi connectivity index (χ3n) is 0. The first-order valence-electron chi connectivity index (χ1n) is 1.04. The van der Waals surface area contributed by atoms with Crippen LogP contribution in [-0.2, 0) is 4.79 Å². The van der Waals surface area contributed by atoms with Crippen molar-refractivity contribution in [2.24, 2.45) is 0 Å². The van der Waals surface area contributed by atoms with E-state index in [9.17, 15) is 0 Å². The Bertz CT molecular complexity index is 31.1. The van der Waals surface area contributed by atoms with E-state index in [1.54, 1.807) is 0 Å². The minimum Gasteiger partial charge on any atom is -0.512 e. The van der Waals surface area contributed by atoms with E-state index in [1.165, 1.54) is 6.92 Å². The van der Waals surface area contributed by atoms with Gasteiger partial charge in [-0.1, -0.05) is 0 Å². The summed E-state index contributed by atoms with van der Waals surface area (Å²) in [7, 11) is 0. The van der Waals surface area contributed by atoms with Gasteiger partial charge in [-0.15, -0.1) is 0 Å². The van der Waals surface area contributed by atoms with Crippen LogP contribution in [0.2, 0.25) is 0 Å². The number of carbonyl (C=O) groups excluding carboxylic acids is 1. The van der Waals surface area contributed by atoms with Crippen molar-refractivity contribution in [2.45, 2.75) is 6.92 Å². The zero-order valence-corrected chi connectivity index (χ0v) is 2.93. The topological polar surface area (TPSA) is 40.9 Å². The van der Waals surface area contributed by atoms with E-state index >= 15 is 0 Å². The molecular weight excluding hydrogens is 66.0 g/mol. The lowest BCUT2D eigenvalue weighted by atomic mass is 11.0. The van der Waals surface area contributed by atoms with Crippen molar-refractivity contribution in [2.75, 3.05) is 0 Å². The predicted molar refractivity (Wildman–Crippen MR) is 16.7 cm³/mol. The first-order valence-corrected chi connectivity index (χ1v) is 1.04. The summed E-state index contributed by atoms with van der Waals surface area (Å²) in [5.74, 6) is 0. The number of hydrogen-bond donors (Lipinski definition) is 0. The zero-order valence-electron chi connectivity index (χ0n) is 2.93. The van der Waals surface area contributed by atoms with Gasteiger partial charge < -0.3 is 16.6 Å². The molecule has 0 aromatic rings. The number of hydrogen-bond acceptors (Lipinski definition) is 2. The van der Waals surface area contributed by atoms with Gasteiger partial charge in [0.1, 0.15) is 6.29 Å². The number of aldehydes is 1. The maximum Gasteiger partial charge on any atom is 0.116 e. The summed E-state index contributed by atoms with van der Waals surface area (Å²) in [6.07, 6.45) is 0.750. The highest BCUT2D eigenvalue weighted by Gasteiger charge is 1.24. The molecule has 0 fully saturated rings. The maximum absolute atomic E-state index is 8.81. The van der Waals surface area contributed by atoms with Crippen molar-refractivity contribution in [1.29, 1.82) is 5.26 Å². The van der Waals surface area contributed by atoms with E-state index < -0.39 is 0 Å². The fourth-order valence-electron chi connectivity index (χ4n) is 0. The average molecular weight is 70.1 g/mol. The van der Waals surface area contributed by atoms with Crippen LogP contribution in [0, 0.1) is 11.8 Å². The summed E-state index contributed by atoms with van der Waals surface area (Å²) in [6.45, 7) is 6.19. The zero-order chi connectivity index (χ0) is 4.71. The molecule has 0 aliphatic carbocycles. The van der Waals surface area contributed by atoms with Crippen LogP contribution in [0.1, 0.15) is 6.92 Å². The van der Waals surface area contributed by atoms with E-state index in [2.05, 4.69) is 0 Å². The lowest BCUT2D eigenvalue weighted by Crippen LogP contribution is -1.36. The Kier molecular flexibility index (Phi) is 1030. The number of carbonyl (C=O) groups is 1. The van der Waals surface area contributed by atoms with E-state index in [-0.39, 0.29) is 0 Å². The normalized spacial score (nSPS) is 3.00. The van der Waals surface area contributed by atoms with Crippen LogP contribution in [0.5, 0.6) is 0 Å². The predicted octanol–water partition coefficient (Wildman–Crippen LogP) is 0.302. The lowest BCUT2D eigenvalue weighted by Gasteiger charge is -1.23. The van der Waals surface area contributed by atoms with Crippen LogP contribution in [-0.4, -0.2) is 6.29 Å². The summed E-state index contributed by atoms with van der Waals surface area (Å²) in [5, 5.41) is 6.25. The standard InChI is InChI=1S/C2H4O.CN/c1-2-3;1-2/h2H,1H3;/q;-1. The Balaban J connectivity index is 0. The van der Waals surface area contributed by atoms with E-state index in [0.29, 0.717) is 0 Å². The Morgan fingerprint density at radius 2 is 1.80 bits per heavy atom. The minimum absolute atomic E-state index is 0.750. The van der Waals surface area contributed by atoms with E-state index in [0.717, 1.165) is 6.29 Å². The van der Waals surface area contributed by atoms with Crippen LogP contribution in [0.15, 0.2) is 0 Å². The van der Waals surface area contributed by atoms with Crippen molar-refractivity contribution in [3.05, 3.63) is 6.57 Å². The summed E-state index contributed by atoms with van der Waals surface area (Å²) >= 11 is 0. The van der Waals surface area contributed by atoms with Crippen LogP contribution in [0.4, 0.5) is 0 Å². The highest BCUT2D eigenvalue weighted by Crippen LogP contribution is 1.13. The quantitative estimate of drug-likeness (QED) is 0.304. The molecule has 0 spiro atoms. The Morgan fingerprint density at radius 1 is 1.80 bits per heavy atom. The number of rotatable bonds is 0. The Morgan fingerprint density at radius 3 is 1.80 bits per heavy atom. The molecule has 0 saturated carbocycles. The molecule has 5 heavy (non-hydrogen) atoms. The van der Waals surface area contributed by atoms with Gasteiger partial charge in [-0.05, 0) is 6.92 Å². The second kappa shape index (κ2) is 576. The first kappa shape index (κ1) is 8.90. The summed E-state index contributed by atoms with van der Waals surface area (Å²) in [4.78, 5) is 8.81. The molecule has 28 valence electrons. The number of nitrogens with zero attached hydrogens (tertiary/aromatic N) is 1. The fourth-order valence-corrected chi connectivity index (χ4v) is 0. The molecule has 2 nitrogen and oxygen atoms in total. The fraction of sp³-hybridized carbons (Fsp3) is 0.333. The molecule has 0 aliphatic rings. The highest BCUT2D eigenvalue weighted by molar-refractivity contribution is 5.44. The smallest absolute Gasteiger partial charge is 0.116 e. The van der Waals surface area contributed by atoms with E-state index in [4.69, 9.17) is 16.6 Å². The van der Waals surface area contributed by atoms with Gasteiger partial charge in [0, 0.05) is 0 Å². The van der Waals surface area contributed by atoms with Crippen LogP contribution < -0.4 is 0 Å². The van der Waals surface area contributed by atoms with Crippen LogP contribution in [0.3, 0.4) is 0 Å². The molecule has 0 saturated heterocycles. The Labute approximate surface area is 31.0 Å². The van der Waals surface area contributed by atoms with Gasteiger partial charge in [0.25, 0.3) is 0 Å². The third-order valence-corrected chi connectivity index (χ3v) is 0. The van der Waals surface area contributed by atoms with Crippen molar-refractivity contribution < 1.29 is 4.79 Å². The molecule has 0 rings (SSSR count). The largest absolute Gasteiger partial charge is 0.512 e. The van der Waals surface area contributed by atoms with Gasteiger partial charge in [0.05, 0.1) is 0 Å². The molecule has 0 atom stereocenters. The average Bonchev–Trinajstić information content (AvgIpc) is 1.46. The molecule has 0 aromatic carbocycles. The maximum atomic E-state index is 8.81. The molecule has 0 unspecified atom stereocenters. The monoisotopic (exact) mass is 70.0 g/mol. The highest BCUT2D eigenvalue weighted by atomic mass is 16.1. The van der Waals surface area contributed by atoms with Gasteiger partial charge in [-0.3, -0.25) is 0 Å². The second-order valence-electron chi connectivity index (χ2n) is 0.236.